The molecule has 3 aliphatic heterocycles. The topological polar surface area (TPSA) is 90.3 Å². The average Bonchev–Trinajstić information content (AvgIpc) is 3.91. The van der Waals surface area contributed by atoms with Crippen molar-refractivity contribution in [2.24, 2.45) is 12.0 Å². The van der Waals surface area contributed by atoms with Gasteiger partial charge in [-0.3, -0.25) is 14.4 Å². The van der Waals surface area contributed by atoms with E-state index in [2.05, 4.69) is 93.8 Å². The van der Waals surface area contributed by atoms with Crippen molar-refractivity contribution in [2.45, 2.75) is 50.5 Å². The maximum Gasteiger partial charge on any atom is 0.251 e. The minimum atomic E-state index is -0.0673. The van der Waals surface area contributed by atoms with Crippen LogP contribution in [0.3, 0.4) is 0 Å². The number of carbonyl (C=O) groups is 1. The molecule has 10 nitrogen and oxygen atoms in total. The molecular weight excluding hydrogens is 624 g/mol. The van der Waals surface area contributed by atoms with Gasteiger partial charge in [-0.1, -0.05) is 30.3 Å². The molecule has 0 unspecified atom stereocenters. The molecule has 2 aromatic carbocycles. The number of aliphatic imine (C=N–C) groups is 1. The minimum absolute atomic E-state index is 0.0673. The highest BCUT2D eigenvalue weighted by Crippen LogP contribution is 2.47. The maximum atomic E-state index is 13.4. The molecule has 3 aromatic rings. The number of guanidine groups is 1. The number of amides is 1. The van der Waals surface area contributed by atoms with Crippen LogP contribution >= 0.6 is 0 Å². The molecule has 2 fully saturated rings. The van der Waals surface area contributed by atoms with Crippen LogP contribution in [0, 0.1) is 0 Å². The average molecular weight is 673 g/mol. The fourth-order valence-corrected chi connectivity index (χ4v) is 8.01. The van der Waals surface area contributed by atoms with Gasteiger partial charge in [-0.05, 0) is 91.6 Å². The van der Waals surface area contributed by atoms with Crippen LogP contribution in [0.2, 0.25) is 0 Å². The number of carbonyl (C=O) groups excluding carboxylic acids is 1. The van der Waals surface area contributed by atoms with E-state index < -0.39 is 0 Å². The molecule has 260 valence electrons. The number of ether oxygens (including phenoxy) is 1. The maximum absolute atomic E-state index is 13.4. The second-order valence-electron chi connectivity index (χ2n) is 14.5. The number of anilines is 1. The van der Waals surface area contributed by atoms with Gasteiger partial charge in [0.15, 0.2) is 0 Å². The number of piperidine rings is 1. The van der Waals surface area contributed by atoms with Gasteiger partial charge in [-0.25, -0.2) is 4.99 Å². The number of likely N-dealkylation sites (N-methyl/N-ethyl adjacent to an activating group) is 2. The first-order valence-corrected chi connectivity index (χ1v) is 18.1. The molecule has 2 aliphatic carbocycles. The summed E-state index contributed by atoms with van der Waals surface area (Å²) in [6.07, 6.45) is 12.7. The third-order valence-corrected chi connectivity index (χ3v) is 10.8. The lowest BCUT2D eigenvalue weighted by molar-refractivity contribution is 0.0913. The molecule has 10 heteroatoms. The normalized spacial score (nSPS) is 19.5. The molecule has 1 amide bonds. The second kappa shape index (κ2) is 13.5. The Bertz CT molecular complexity index is 1920. The van der Waals surface area contributed by atoms with Gasteiger partial charge in [-0.2, -0.15) is 5.10 Å². The van der Waals surface area contributed by atoms with Gasteiger partial charge in [-0.15, -0.1) is 0 Å². The number of aromatic nitrogens is 2. The summed E-state index contributed by atoms with van der Waals surface area (Å²) in [4.78, 5) is 25.5. The number of hydrogen-bond donors (Lipinski definition) is 2. The summed E-state index contributed by atoms with van der Waals surface area (Å²) >= 11 is 0. The molecule has 0 bridgehead atoms. The molecule has 0 spiro atoms. The lowest BCUT2D eigenvalue weighted by Crippen LogP contribution is -2.45. The summed E-state index contributed by atoms with van der Waals surface area (Å²) in [6, 6.07) is 14.6. The van der Waals surface area contributed by atoms with Crippen molar-refractivity contribution in [3.05, 3.63) is 94.3 Å². The number of nitrogens with zero attached hydrogens (tertiary/aromatic N) is 6. The SMILES string of the molecule is COc1cc(C(=O)NC2CCN(CC3=CC=CN(C)C3)CC2)ccc1NC1=NC2=C(CCc3nn(C)c(-c4ccccc4C4CC4)c32)CN1C. The summed E-state index contributed by atoms with van der Waals surface area (Å²) in [5.41, 5.74) is 11.3. The van der Waals surface area contributed by atoms with E-state index in [-0.39, 0.29) is 11.9 Å². The Kier molecular flexibility index (Phi) is 8.72. The molecule has 2 N–H and O–H groups in total. The summed E-state index contributed by atoms with van der Waals surface area (Å²) < 4.78 is 7.88. The lowest BCUT2D eigenvalue weighted by Gasteiger charge is -2.34. The first-order chi connectivity index (χ1) is 24.3. The van der Waals surface area contributed by atoms with Crippen LogP contribution in [0.5, 0.6) is 5.75 Å². The van der Waals surface area contributed by atoms with Crippen LogP contribution in [0.1, 0.15) is 65.2 Å². The molecule has 50 heavy (non-hydrogen) atoms. The monoisotopic (exact) mass is 672 g/mol. The van der Waals surface area contributed by atoms with Crippen LogP contribution < -0.4 is 15.4 Å². The van der Waals surface area contributed by atoms with Crippen LogP contribution in [0.4, 0.5) is 5.69 Å². The number of nitrogens with one attached hydrogen (secondary N) is 2. The highest BCUT2D eigenvalue weighted by Gasteiger charge is 2.34. The Morgan fingerprint density at radius 3 is 2.60 bits per heavy atom. The molecule has 8 rings (SSSR count). The summed E-state index contributed by atoms with van der Waals surface area (Å²) in [6.45, 7) is 4.70. The number of likely N-dealkylation sites (tertiary alicyclic amines) is 1. The Balaban J connectivity index is 0.974. The number of allylic oxidation sites excluding steroid dienone is 2. The van der Waals surface area contributed by atoms with Gasteiger partial charge in [0.1, 0.15) is 5.75 Å². The highest BCUT2D eigenvalue weighted by molar-refractivity contribution is 6.02. The number of aryl methyl sites for hydroxylation is 2. The van der Waals surface area contributed by atoms with Gasteiger partial charge in [0.2, 0.25) is 5.96 Å². The Morgan fingerprint density at radius 1 is 1.00 bits per heavy atom. The zero-order valence-corrected chi connectivity index (χ0v) is 29.7. The second-order valence-corrected chi connectivity index (χ2v) is 14.5. The fourth-order valence-electron chi connectivity index (χ4n) is 8.01. The van der Waals surface area contributed by atoms with E-state index in [1.165, 1.54) is 35.1 Å². The molecule has 0 radical (unpaired) electrons. The van der Waals surface area contributed by atoms with E-state index in [0.717, 1.165) is 92.7 Å². The molecular formula is C40H48N8O2. The van der Waals surface area contributed by atoms with Crippen molar-refractivity contribution < 1.29 is 9.53 Å². The van der Waals surface area contributed by atoms with E-state index in [0.29, 0.717) is 17.2 Å². The van der Waals surface area contributed by atoms with E-state index >= 15 is 0 Å². The van der Waals surface area contributed by atoms with Crippen LogP contribution in [-0.4, -0.2) is 96.3 Å². The number of methoxy groups -OCH3 is 1. The standard InChI is InChI=1S/C40H48N8O2/c1-45-19-7-8-26(23-45)24-48-20-17-30(18-21-48)41-39(49)28-13-15-33(35(22-28)50-4)42-40-43-37-29(25-46(40)2)14-16-34-36(37)38(47(3)44-34)32-10-6-5-9-31(32)27-11-12-27/h5-10,13,15,19,22,27,30H,11-12,14,16-18,20-21,23-25H2,1-4H3,(H,41,49)(H,42,43). The smallest absolute Gasteiger partial charge is 0.251 e. The first-order valence-electron chi connectivity index (χ1n) is 18.1. The van der Waals surface area contributed by atoms with Crippen molar-refractivity contribution >= 4 is 23.3 Å². The van der Waals surface area contributed by atoms with E-state index in [4.69, 9.17) is 14.8 Å². The van der Waals surface area contributed by atoms with Gasteiger partial charge in [0, 0.05) is 76.6 Å². The predicted molar refractivity (Wildman–Crippen MR) is 199 cm³/mol. The number of hydrogen-bond acceptors (Lipinski definition) is 8. The van der Waals surface area contributed by atoms with E-state index in [1.807, 2.05) is 18.2 Å². The Morgan fingerprint density at radius 2 is 1.82 bits per heavy atom. The third-order valence-electron chi connectivity index (χ3n) is 10.8. The zero-order chi connectivity index (χ0) is 34.4. The highest BCUT2D eigenvalue weighted by atomic mass is 16.5. The Labute approximate surface area is 295 Å². The molecule has 1 aromatic heterocycles. The van der Waals surface area contributed by atoms with Gasteiger partial charge >= 0.3 is 0 Å². The van der Waals surface area contributed by atoms with Crippen LogP contribution in [0.15, 0.2) is 77.0 Å². The molecule has 1 saturated carbocycles. The summed E-state index contributed by atoms with van der Waals surface area (Å²) in [7, 11) is 7.89. The van der Waals surface area contributed by atoms with Crippen molar-refractivity contribution in [3.63, 3.8) is 0 Å². The summed E-state index contributed by atoms with van der Waals surface area (Å²) in [5.74, 6) is 1.92. The van der Waals surface area contributed by atoms with Crippen molar-refractivity contribution in [2.75, 3.05) is 59.2 Å². The number of benzene rings is 2. The zero-order valence-electron chi connectivity index (χ0n) is 29.7. The number of fused-ring (bicyclic) bond motifs is 2. The molecule has 1 saturated heterocycles. The van der Waals surface area contributed by atoms with Crippen LogP contribution in [-0.2, 0) is 13.5 Å². The predicted octanol–water partition coefficient (Wildman–Crippen LogP) is 5.62. The third kappa shape index (κ3) is 6.44. The Hall–Kier alpha value is -4.83. The van der Waals surface area contributed by atoms with Gasteiger partial charge < -0.3 is 25.2 Å². The van der Waals surface area contributed by atoms with Gasteiger partial charge in [0.05, 0.1) is 29.9 Å². The summed E-state index contributed by atoms with van der Waals surface area (Å²) in [5, 5.41) is 11.8. The van der Waals surface area contributed by atoms with E-state index in [1.54, 1.807) is 7.11 Å². The van der Waals surface area contributed by atoms with Crippen LogP contribution in [0.25, 0.3) is 17.0 Å². The molecule has 5 aliphatic rings. The molecule has 0 atom stereocenters. The van der Waals surface area contributed by atoms with Gasteiger partial charge in [0.25, 0.3) is 5.91 Å². The first kappa shape index (κ1) is 32.4. The largest absolute Gasteiger partial charge is 0.495 e. The quantitative estimate of drug-likeness (QED) is 0.321. The van der Waals surface area contributed by atoms with E-state index in [9.17, 15) is 4.79 Å². The lowest BCUT2D eigenvalue weighted by atomic mass is 9.88. The van der Waals surface area contributed by atoms with Crippen molar-refractivity contribution in [3.8, 4) is 17.0 Å². The van der Waals surface area contributed by atoms with Crippen molar-refractivity contribution in [1.29, 1.82) is 0 Å². The minimum Gasteiger partial charge on any atom is -0.495 e. The van der Waals surface area contributed by atoms with Crippen molar-refractivity contribution in [1.82, 2.24) is 29.8 Å². The number of rotatable bonds is 8. The fraction of sp³-hybridized carbons (Fsp3) is 0.425. The molecule has 4 heterocycles.